The number of ether oxygens (including phenoxy) is 4. The standard InChI is InChI=1S/C51H48F6N2O10/c52-49(53,54)27-1-3-29-66-39-17-21-41(22-18-39)68-47(62)35-11-5-33(6-12-35)9-16-38(60)32-44(43-25-15-37(58)31-45(43)59)51(64,65)46(61)26-10-34-7-13-36(14-8-34)48(63)69-42-23-19-40(20-24-42)67-30-4-2-28-50(55,56)57/h5-26,31,44,64-65H,1-4,27-30,32,58-59H2/b16-9+,26-10+. The number of carbonyl (C=O) groups excluding carboxylic acids is 4. The van der Waals surface area contributed by atoms with Gasteiger partial charge in [-0.15, -0.1) is 0 Å². The van der Waals surface area contributed by atoms with Crippen molar-refractivity contribution in [2.75, 3.05) is 24.7 Å². The van der Waals surface area contributed by atoms with E-state index in [1.165, 1.54) is 127 Å². The summed E-state index contributed by atoms with van der Waals surface area (Å²) in [6, 6.07) is 27.8. The van der Waals surface area contributed by atoms with Gasteiger partial charge in [0.25, 0.3) is 0 Å². The molecule has 5 rings (SSSR count). The molecule has 1 atom stereocenters. The van der Waals surface area contributed by atoms with Crippen molar-refractivity contribution in [3.05, 3.63) is 155 Å². The molecule has 0 bridgehead atoms. The number of rotatable bonds is 23. The van der Waals surface area contributed by atoms with Gasteiger partial charge in [-0.05, 0) is 139 Å². The molecule has 0 aliphatic carbocycles. The molecule has 0 aliphatic heterocycles. The first-order valence-electron chi connectivity index (χ1n) is 21.4. The molecule has 5 aromatic rings. The smallest absolute Gasteiger partial charge is 0.389 e. The van der Waals surface area contributed by atoms with Crippen molar-refractivity contribution in [3.8, 4) is 23.0 Å². The molecule has 0 saturated carbocycles. The molecule has 0 heterocycles. The van der Waals surface area contributed by atoms with E-state index < -0.39 is 66.8 Å². The maximum atomic E-state index is 13.4. The van der Waals surface area contributed by atoms with E-state index in [2.05, 4.69) is 0 Å². The van der Waals surface area contributed by atoms with Crippen molar-refractivity contribution < 1.29 is 74.7 Å². The largest absolute Gasteiger partial charge is 0.494 e. The fourth-order valence-electron chi connectivity index (χ4n) is 6.54. The highest BCUT2D eigenvalue weighted by Gasteiger charge is 2.43. The number of nitrogens with two attached hydrogens (primary N) is 2. The first kappa shape index (κ1) is 52.5. The van der Waals surface area contributed by atoms with Crippen LogP contribution in [0.15, 0.2) is 127 Å². The summed E-state index contributed by atoms with van der Waals surface area (Å²) in [5.74, 6) is -6.80. The third-order valence-electron chi connectivity index (χ3n) is 10.2. The number of aliphatic hydroxyl groups is 2. The second kappa shape index (κ2) is 24.0. The Balaban J connectivity index is 1.15. The van der Waals surface area contributed by atoms with Gasteiger partial charge in [-0.3, -0.25) is 9.59 Å². The van der Waals surface area contributed by atoms with Crippen LogP contribution in [0.2, 0.25) is 0 Å². The van der Waals surface area contributed by atoms with Crippen LogP contribution in [-0.2, 0) is 9.59 Å². The maximum absolute atomic E-state index is 13.4. The van der Waals surface area contributed by atoms with Crippen LogP contribution in [-0.4, -0.2) is 65.1 Å². The summed E-state index contributed by atoms with van der Waals surface area (Å²) < 4.78 is 95.6. The molecule has 6 N–H and O–H groups in total. The number of carbonyl (C=O) groups is 4. The molecule has 0 spiro atoms. The number of allylic oxidation sites excluding steroid dienone is 1. The van der Waals surface area contributed by atoms with Crippen LogP contribution in [0.3, 0.4) is 0 Å². The van der Waals surface area contributed by atoms with Crippen LogP contribution in [0, 0.1) is 0 Å². The Morgan fingerprint density at radius 3 is 1.39 bits per heavy atom. The molecule has 0 saturated heterocycles. The van der Waals surface area contributed by atoms with E-state index in [0.29, 0.717) is 22.6 Å². The number of hydrogen-bond donors (Lipinski definition) is 4. The van der Waals surface area contributed by atoms with E-state index in [1.54, 1.807) is 0 Å². The van der Waals surface area contributed by atoms with E-state index in [-0.39, 0.29) is 78.5 Å². The lowest BCUT2D eigenvalue weighted by Crippen LogP contribution is -2.44. The van der Waals surface area contributed by atoms with Crippen molar-refractivity contribution in [2.24, 2.45) is 0 Å². The van der Waals surface area contributed by atoms with E-state index in [9.17, 15) is 55.7 Å². The van der Waals surface area contributed by atoms with Gasteiger partial charge in [0.1, 0.15) is 23.0 Å². The molecule has 18 heteroatoms. The molecule has 5 aromatic carbocycles. The zero-order valence-corrected chi connectivity index (χ0v) is 36.8. The zero-order valence-electron chi connectivity index (χ0n) is 36.8. The molecule has 1 unspecified atom stereocenters. The second-order valence-corrected chi connectivity index (χ2v) is 15.7. The van der Waals surface area contributed by atoms with Gasteiger partial charge in [0.15, 0.2) is 5.78 Å². The lowest BCUT2D eigenvalue weighted by molar-refractivity contribution is -0.187. The Bertz CT molecular complexity index is 2580. The van der Waals surface area contributed by atoms with Gasteiger partial charge in [0.2, 0.25) is 11.6 Å². The first-order valence-corrected chi connectivity index (χ1v) is 21.4. The summed E-state index contributed by atoms with van der Waals surface area (Å²) in [6.07, 6.45) is -5.75. The average molecular weight is 963 g/mol. The monoisotopic (exact) mass is 962 g/mol. The van der Waals surface area contributed by atoms with Crippen LogP contribution in [0.1, 0.15) is 88.3 Å². The number of halogens is 6. The van der Waals surface area contributed by atoms with Crippen molar-refractivity contribution in [1.82, 2.24) is 0 Å². The quantitative estimate of drug-likeness (QED) is 0.00921. The van der Waals surface area contributed by atoms with Crippen molar-refractivity contribution in [1.29, 1.82) is 0 Å². The highest BCUT2D eigenvalue weighted by atomic mass is 19.4. The number of ketones is 2. The predicted octanol–water partition coefficient (Wildman–Crippen LogP) is 10.2. The van der Waals surface area contributed by atoms with Gasteiger partial charge in [0.05, 0.1) is 30.3 Å². The summed E-state index contributed by atoms with van der Waals surface area (Å²) >= 11 is 0. The molecule has 0 radical (unpaired) electrons. The SMILES string of the molecule is Nc1ccc(C(CC(=O)/C=C/c2ccc(C(=O)Oc3ccc(OCCCCC(F)(F)F)cc3)cc2)C(O)(O)C(=O)/C=C/c2ccc(C(=O)Oc3ccc(OCCCCC(F)(F)F)cc3)cc2)c(N)c1. The third-order valence-corrected chi connectivity index (χ3v) is 10.2. The van der Waals surface area contributed by atoms with E-state index in [0.717, 1.165) is 12.2 Å². The fraction of sp³-hybridized carbons (Fsp3) is 0.255. The van der Waals surface area contributed by atoms with E-state index in [4.69, 9.17) is 30.4 Å². The number of alkyl halides is 6. The summed E-state index contributed by atoms with van der Waals surface area (Å²) in [6.45, 7) is 0.179. The van der Waals surface area contributed by atoms with Gasteiger partial charge in [0, 0.05) is 30.6 Å². The Labute approximate surface area is 392 Å². The topological polar surface area (TPSA) is 198 Å². The Morgan fingerprint density at radius 1 is 0.551 bits per heavy atom. The average Bonchev–Trinajstić information content (AvgIpc) is 3.30. The minimum Gasteiger partial charge on any atom is -0.494 e. The number of benzene rings is 5. The van der Waals surface area contributed by atoms with Gasteiger partial charge in [-0.25, -0.2) is 9.59 Å². The number of esters is 2. The molecule has 0 amide bonds. The number of nitrogen functional groups attached to an aromatic ring is 2. The lowest BCUT2D eigenvalue weighted by Gasteiger charge is -2.30. The molecule has 12 nitrogen and oxygen atoms in total. The van der Waals surface area contributed by atoms with Crippen LogP contribution in [0.25, 0.3) is 12.2 Å². The van der Waals surface area contributed by atoms with Crippen LogP contribution >= 0.6 is 0 Å². The lowest BCUT2D eigenvalue weighted by atomic mass is 9.82. The summed E-state index contributed by atoms with van der Waals surface area (Å²) in [5, 5.41) is 22.7. The molecular weight excluding hydrogens is 915 g/mol. The molecule has 0 fully saturated rings. The summed E-state index contributed by atoms with van der Waals surface area (Å²) in [4.78, 5) is 52.4. The number of hydrogen-bond acceptors (Lipinski definition) is 12. The zero-order chi connectivity index (χ0) is 50.2. The van der Waals surface area contributed by atoms with Crippen molar-refractivity contribution in [3.63, 3.8) is 0 Å². The van der Waals surface area contributed by atoms with Crippen LogP contribution in [0.5, 0.6) is 23.0 Å². The highest BCUT2D eigenvalue weighted by Crippen LogP contribution is 2.36. The predicted molar refractivity (Wildman–Crippen MR) is 244 cm³/mol. The van der Waals surface area contributed by atoms with Crippen molar-refractivity contribution >= 4 is 47.0 Å². The van der Waals surface area contributed by atoms with Gasteiger partial charge >= 0.3 is 24.3 Å². The second-order valence-electron chi connectivity index (χ2n) is 15.7. The molecule has 364 valence electrons. The first-order chi connectivity index (χ1) is 32.6. The van der Waals surface area contributed by atoms with E-state index in [1.807, 2.05) is 0 Å². The molecule has 69 heavy (non-hydrogen) atoms. The van der Waals surface area contributed by atoms with Crippen LogP contribution < -0.4 is 30.4 Å². The normalized spacial score (nSPS) is 12.5. The van der Waals surface area contributed by atoms with Crippen LogP contribution in [0.4, 0.5) is 37.7 Å². The number of anilines is 2. The summed E-state index contributed by atoms with van der Waals surface area (Å²) in [7, 11) is 0. The van der Waals surface area contributed by atoms with Crippen molar-refractivity contribution in [2.45, 2.75) is 69.0 Å². The Kier molecular flexibility index (Phi) is 18.3. The Morgan fingerprint density at radius 2 is 0.971 bits per heavy atom. The Hall–Kier alpha value is -7.44. The molecule has 0 aromatic heterocycles. The fourth-order valence-corrected chi connectivity index (χ4v) is 6.54. The molecular formula is C51H48F6N2O10. The minimum atomic E-state index is -4.22. The van der Waals surface area contributed by atoms with Gasteiger partial charge in [-0.1, -0.05) is 42.5 Å². The van der Waals surface area contributed by atoms with E-state index >= 15 is 0 Å². The van der Waals surface area contributed by atoms with Gasteiger partial charge < -0.3 is 40.6 Å². The highest BCUT2D eigenvalue weighted by molar-refractivity contribution is 6.01. The summed E-state index contributed by atoms with van der Waals surface area (Å²) in [5.41, 5.74) is 13.5. The molecule has 0 aliphatic rings. The number of unbranched alkanes of at least 4 members (excludes halogenated alkanes) is 2. The minimum absolute atomic E-state index is 0.00355. The van der Waals surface area contributed by atoms with Gasteiger partial charge in [-0.2, -0.15) is 26.3 Å². The third kappa shape index (κ3) is 17.3. The maximum Gasteiger partial charge on any atom is 0.389 e.